The number of nitro benzene ring substituents is 1. The van der Waals surface area contributed by atoms with Gasteiger partial charge in [-0.2, -0.15) is 0 Å². The molecule has 0 heterocycles. The second-order valence-electron chi connectivity index (χ2n) is 7.74. The van der Waals surface area contributed by atoms with Crippen LogP contribution in [0.4, 0.5) is 11.4 Å². The van der Waals surface area contributed by atoms with Crippen LogP contribution in [0.5, 0.6) is 11.5 Å². The fraction of sp³-hybridized carbons (Fsp3) is 0.435. The molecule has 0 saturated heterocycles. The molecule has 9 nitrogen and oxygen atoms in total. The van der Waals surface area contributed by atoms with E-state index < -0.39 is 10.8 Å². The molecule has 0 atom stereocenters. The van der Waals surface area contributed by atoms with E-state index in [9.17, 15) is 20.0 Å². The van der Waals surface area contributed by atoms with Crippen molar-refractivity contribution in [2.45, 2.75) is 51.3 Å². The van der Waals surface area contributed by atoms with Crippen molar-refractivity contribution in [2.75, 3.05) is 19.0 Å². The lowest BCUT2D eigenvalue weighted by Gasteiger charge is -2.27. The van der Waals surface area contributed by atoms with Crippen molar-refractivity contribution in [1.29, 1.82) is 0 Å². The van der Waals surface area contributed by atoms with Gasteiger partial charge in [0.05, 0.1) is 30.3 Å². The number of carbonyl (C=O) groups is 1. The summed E-state index contributed by atoms with van der Waals surface area (Å²) in [6.07, 6.45) is 2.62. The quantitative estimate of drug-likeness (QED) is 0.399. The number of aliphatic hydroxyl groups excluding tert-OH is 1. The molecule has 1 fully saturated rings. The summed E-state index contributed by atoms with van der Waals surface area (Å²) in [6.45, 7) is 2.61. The van der Waals surface area contributed by atoms with E-state index in [4.69, 9.17) is 9.47 Å². The third-order valence-electron chi connectivity index (χ3n) is 5.50. The maximum atomic E-state index is 13.0. The van der Waals surface area contributed by atoms with E-state index in [1.807, 2.05) is 13.0 Å². The van der Waals surface area contributed by atoms with Crippen molar-refractivity contribution in [3.63, 3.8) is 0 Å². The van der Waals surface area contributed by atoms with Gasteiger partial charge in [-0.1, -0.05) is 6.07 Å². The van der Waals surface area contributed by atoms with Crippen molar-refractivity contribution < 1.29 is 24.3 Å². The van der Waals surface area contributed by atoms with E-state index in [1.54, 1.807) is 25.3 Å². The lowest BCUT2D eigenvalue weighted by atomic mass is 9.92. The van der Waals surface area contributed by atoms with Crippen LogP contribution in [-0.2, 0) is 6.54 Å². The third kappa shape index (κ3) is 5.88. The molecular weight excluding hydrogens is 414 g/mol. The van der Waals surface area contributed by atoms with Crippen LogP contribution in [0, 0.1) is 10.1 Å². The Bertz CT molecular complexity index is 957. The number of nitrogens with zero attached hydrogens (tertiary/aromatic N) is 1. The predicted molar refractivity (Wildman–Crippen MR) is 120 cm³/mol. The molecule has 0 aliphatic heterocycles. The average Bonchev–Trinajstić information content (AvgIpc) is 2.80. The van der Waals surface area contributed by atoms with E-state index in [2.05, 4.69) is 10.6 Å². The largest absolute Gasteiger partial charge is 0.493 e. The Morgan fingerprint density at radius 2 is 1.91 bits per heavy atom. The molecule has 2 aromatic carbocycles. The van der Waals surface area contributed by atoms with Crippen LogP contribution in [0.3, 0.4) is 0 Å². The first-order valence-electron chi connectivity index (χ1n) is 10.7. The Hall–Kier alpha value is -3.33. The maximum Gasteiger partial charge on any atom is 0.270 e. The highest BCUT2D eigenvalue weighted by Gasteiger charge is 2.23. The molecule has 1 saturated carbocycles. The molecule has 3 rings (SSSR count). The highest BCUT2D eigenvalue weighted by Crippen LogP contribution is 2.29. The van der Waals surface area contributed by atoms with Gasteiger partial charge in [-0.05, 0) is 56.4 Å². The first-order chi connectivity index (χ1) is 15.4. The molecule has 0 aromatic heterocycles. The molecule has 1 aliphatic rings. The number of carbonyl (C=O) groups excluding carboxylic acids is 1. The number of ether oxygens (including phenoxy) is 2. The number of nitro groups is 1. The van der Waals surface area contributed by atoms with E-state index in [0.717, 1.165) is 18.4 Å². The Kier molecular flexibility index (Phi) is 7.88. The molecule has 2 aromatic rings. The first-order valence-corrected chi connectivity index (χ1v) is 10.7. The molecular formula is C23H29N3O6. The number of anilines is 1. The summed E-state index contributed by atoms with van der Waals surface area (Å²) in [5, 5.41) is 27.1. The van der Waals surface area contributed by atoms with Crippen molar-refractivity contribution >= 4 is 17.3 Å². The van der Waals surface area contributed by atoms with Crippen LogP contribution in [0.25, 0.3) is 0 Å². The van der Waals surface area contributed by atoms with Crippen LogP contribution in [0.1, 0.15) is 48.5 Å². The van der Waals surface area contributed by atoms with Crippen molar-refractivity contribution in [3.05, 3.63) is 57.6 Å². The van der Waals surface area contributed by atoms with Crippen molar-refractivity contribution in [3.8, 4) is 11.5 Å². The molecule has 0 radical (unpaired) electrons. The van der Waals surface area contributed by atoms with Gasteiger partial charge >= 0.3 is 0 Å². The second kappa shape index (κ2) is 10.8. The summed E-state index contributed by atoms with van der Waals surface area (Å²) in [5.41, 5.74) is 1.41. The van der Waals surface area contributed by atoms with Crippen LogP contribution in [0.15, 0.2) is 36.4 Å². The van der Waals surface area contributed by atoms with Gasteiger partial charge in [0, 0.05) is 30.4 Å². The van der Waals surface area contributed by atoms with Gasteiger partial charge in [-0.25, -0.2) is 0 Å². The molecule has 0 spiro atoms. The van der Waals surface area contributed by atoms with Gasteiger partial charge in [-0.3, -0.25) is 14.9 Å². The Morgan fingerprint density at radius 1 is 1.16 bits per heavy atom. The number of nitrogens with one attached hydrogen (secondary N) is 2. The number of hydrogen-bond acceptors (Lipinski definition) is 7. The van der Waals surface area contributed by atoms with Gasteiger partial charge in [0.25, 0.3) is 11.6 Å². The number of rotatable bonds is 9. The molecule has 172 valence electrons. The Balaban J connectivity index is 1.75. The molecule has 1 aliphatic carbocycles. The normalized spacial score (nSPS) is 18.0. The molecule has 0 bridgehead atoms. The van der Waals surface area contributed by atoms with Gasteiger partial charge in [0.1, 0.15) is 0 Å². The fourth-order valence-corrected chi connectivity index (χ4v) is 3.77. The van der Waals surface area contributed by atoms with E-state index in [0.29, 0.717) is 36.6 Å². The fourth-order valence-electron chi connectivity index (χ4n) is 3.77. The number of methoxy groups -OCH3 is 1. The zero-order valence-corrected chi connectivity index (χ0v) is 18.3. The topological polar surface area (TPSA) is 123 Å². The van der Waals surface area contributed by atoms with Crippen molar-refractivity contribution in [2.24, 2.45) is 0 Å². The van der Waals surface area contributed by atoms with Crippen molar-refractivity contribution in [1.82, 2.24) is 5.32 Å². The maximum absolute atomic E-state index is 13.0. The van der Waals surface area contributed by atoms with Gasteiger partial charge in [0.15, 0.2) is 11.5 Å². The van der Waals surface area contributed by atoms with Gasteiger partial charge in [0.2, 0.25) is 0 Å². The number of amides is 1. The molecule has 32 heavy (non-hydrogen) atoms. The number of non-ortho nitro benzene ring substituents is 1. The Morgan fingerprint density at radius 3 is 2.56 bits per heavy atom. The monoisotopic (exact) mass is 443 g/mol. The minimum absolute atomic E-state index is 0.0989. The standard InChI is InChI=1S/C23H29N3O6/c1-3-32-21-11-4-15(12-22(21)31-2)14-24-23(28)19-13-17(26(29)30)7-10-20(19)25-16-5-8-18(27)9-6-16/h4,7,10-13,16,18,25,27H,3,5-6,8-9,14H2,1-2H3,(H,24,28)/t16-,18+. The smallest absolute Gasteiger partial charge is 0.270 e. The van der Waals surface area contributed by atoms with Crippen LogP contribution < -0.4 is 20.1 Å². The van der Waals surface area contributed by atoms with Gasteiger partial charge in [-0.15, -0.1) is 0 Å². The first kappa shape index (κ1) is 23.3. The summed E-state index contributed by atoms with van der Waals surface area (Å²) < 4.78 is 10.9. The summed E-state index contributed by atoms with van der Waals surface area (Å²) in [7, 11) is 1.55. The lowest BCUT2D eigenvalue weighted by molar-refractivity contribution is -0.384. The predicted octanol–water partition coefficient (Wildman–Crippen LogP) is 3.65. The summed E-state index contributed by atoms with van der Waals surface area (Å²) in [6, 6.07) is 9.72. The number of aliphatic hydroxyl groups is 1. The summed E-state index contributed by atoms with van der Waals surface area (Å²) in [5.74, 6) is 0.767. The highest BCUT2D eigenvalue weighted by atomic mass is 16.6. The molecule has 3 N–H and O–H groups in total. The highest BCUT2D eigenvalue weighted by molar-refractivity contribution is 6.00. The average molecular weight is 444 g/mol. The van der Waals surface area contributed by atoms with E-state index in [-0.39, 0.29) is 29.9 Å². The Labute approximate surface area is 186 Å². The van der Waals surface area contributed by atoms with E-state index in [1.165, 1.54) is 12.1 Å². The second-order valence-corrected chi connectivity index (χ2v) is 7.74. The zero-order valence-electron chi connectivity index (χ0n) is 18.3. The van der Waals surface area contributed by atoms with Gasteiger partial charge < -0.3 is 25.2 Å². The molecule has 1 amide bonds. The van der Waals surface area contributed by atoms with Crippen LogP contribution >= 0.6 is 0 Å². The summed E-state index contributed by atoms with van der Waals surface area (Å²) >= 11 is 0. The van der Waals surface area contributed by atoms with E-state index >= 15 is 0 Å². The summed E-state index contributed by atoms with van der Waals surface area (Å²) in [4.78, 5) is 23.7. The van der Waals surface area contributed by atoms with Crippen LogP contribution in [0.2, 0.25) is 0 Å². The zero-order chi connectivity index (χ0) is 23.1. The minimum Gasteiger partial charge on any atom is -0.493 e. The number of hydrogen-bond donors (Lipinski definition) is 3. The third-order valence-corrected chi connectivity index (χ3v) is 5.50. The minimum atomic E-state index is -0.519. The lowest BCUT2D eigenvalue weighted by Crippen LogP contribution is -2.30. The molecule has 0 unspecified atom stereocenters. The number of benzene rings is 2. The van der Waals surface area contributed by atoms with Crippen LogP contribution in [-0.4, -0.2) is 41.8 Å². The SMILES string of the molecule is CCOc1ccc(CNC(=O)c2cc([N+](=O)[O-])ccc2N[C@H]2CC[C@@H](O)CC2)cc1OC. The molecule has 9 heteroatoms.